The van der Waals surface area contributed by atoms with Gasteiger partial charge in [0.05, 0.1) is 12.3 Å². The number of nitrogens with one attached hydrogen (secondary N) is 2. The lowest BCUT2D eigenvalue weighted by molar-refractivity contribution is -0.124. The first-order valence-corrected chi connectivity index (χ1v) is 8.79. The van der Waals surface area contributed by atoms with Crippen molar-refractivity contribution in [3.63, 3.8) is 0 Å². The second-order valence-electron chi connectivity index (χ2n) is 6.81. The summed E-state index contributed by atoms with van der Waals surface area (Å²) in [7, 11) is 0. The molecule has 0 aliphatic heterocycles. The van der Waals surface area contributed by atoms with E-state index in [9.17, 15) is 9.59 Å². The molecule has 1 aliphatic carbocycles. The van der Waals surface area contributed by atoms with Gasteiger partial charge in [0, 0.05) is 17.5 Å². The number of benzene rings is 1. The van der Waals surface area contributed by atoms with E-state index < -0.39 is 6.04 Å². The predicted octanol–water partition coefficient (Wildman–Crippen LogP) is 3.23. The van der Waals surface area contributed by atoms with Gasteiger partial charge in [0.25, 0.3) is 5.91 Å². The van der Waals surface area contributed by atoms with E-state index in [1.807, 2.05) is 38.1 Å². The highest BCUT2D eigenvalue weighted by atomic mass is 16.3. The average Bonchev–Trinajstić information content (AvgIpc) is 3.09. The largest absolute Gasteiger partial charge is 0.469 e. The van der Waals surface area contributed by atoms with Crippen molar-refractivity contribution in [2.45, 2.75) is 45.2 Å². The van der Waals surface area contributed by atoms with E-state index in [1.165, 1.54) is 0 Å². The molecule has 132 valence electrons. The summed E-state index contributed by atoms with van der Waals surface area (Å²) in [4.78, 5) is 25.2. The summed E-state index contributed by atoms with van der Waals surface area (Å²) < 4.78 is 5.48. The molecule has 1 aliphatic rings. The lowest BCUT2D eigenvalue weighted by atomic mass is 9.92. The summed E-state index contributed by atoms with van der Waals surface area (Å²) in [5.74, 6) is 0.548. The third-order valence-corrected chi connectivity index (χ3v) is 4.64. The molecule has 5 heteroatoms. The normalized spacial score (nSPS) is 17.6. The van der Waals surface area contributed by atoms with E-state index in [2.05, 4.69) is 10.6 Å². The lowest BCUT2D eigenvalue weighted by Crippen LogP contribution is -2.50. The zero-order chi connectivity index (χ0) is 17.8. The molecule has 0 fully saturated rings. The van der Waals surface area contributed by atoms with Crippen LogP contribution in [0.4, 0.5) is 0 Å². The van der Waals surface area contributed by atoms with Crippen LogP contribution in [0.5, 0.6) is 0 Å². The van der Waals surface area contributed by atoms with Crippen molar-refractivity contribution in [2.24, 2.45) is 5.92 Å². The molecule has 0 bridgehead atoms. The Labute approximate surface area is 147 Å². The number of rotatable bonds is 5. The van der Waals surface area contributed by atoms with Crippen molar-refractivity contribution in [3.8, 4) is 0 Å². The minimum atomic E-state index is -0.579. The monoisotopic (exact) mass is 340 g/mol. The molecule has 0 saturated heterocycles. The average molecular weight is 340 g/mol. The fourth-order valence-electron chi connectivity index (χ4n) is 3.25. The van der Waals surface area contributed by atoms with Crippen molar-refractivity contribution < 1.29 is 14.0 Å². The van der Waals surface area contributed by atoms with Crippen LogP contribution in [0, 0.1) is 5.92 Å². The van der Waals surface area contributed by atoms with Gasteiger partial charge >= 0.3 is 0 Å². The molecular formula is C20H24N2O3. The first kappa shape index (κ1) is 17.3. The maximum Gasteiger partial charge on any atom is 0.251 e. The molecule has 2 aromatic rings. The van der Waals surface area contributed by atoms with E-state index in [0.29, 0.717) is 5.56 Å². The van der Waals surface area contributed by atoms with Crippen LogP contribution in [-0.2, 0) is 11.2 Å². The quantitative estimate of drug-likeness (QED) is 0.878. The molecule has 2 amide bonds. The minimum Gasteiger partial charge on any atom is -0.469 e. The van der Waals surface area contributed by atoms with Gasteiger partial charge in [-0.3, -0.25) is 9.59 Å². The van der Waals surface area contributed by atoms with Gasteiger partial charge in [-0.2, -0.15) is 0 Å². The van der Waals surface area contributed by atoms with Crippen LogP contribution in [-0.4, -0.2) is 17.9 Å². The van der Waals surface area contributed by atoms with Crippen molar-refractivity contribution in [2.75, 3.05) is 0 Å². The molecule has 2 N–H and O–H groups in total. The Morgan fingerprint density at radius 1 is 1.16 bits per heavy atom. The third-order valence-electron chi connectivity index (χ3n) is 4.64. The number of furan rings is 1. The molecule has 1 aromatic heterocycles. The molecule has 1 heterocycles. The minimum absolute atomic E-state index is 0.0138. The maximum atomic E-state index is 12.8. The second-order valence-corrected chi connectivity index (χ2v) is 6.81. The summed E-state index contributed by atoms with van der Waals surface area (Å²) in [5.41, 5.74) is 1.60. The molecule has 0 radical (unpaired) electrons. The fraction of sp³-hybridized carbons (Fsp3) is 0.400. The second kappa shape index (κ2) is 7.55. The Bertz CT molecular complexity index is 736. The Hall–Kier alpha value is -2.56. The van der Waals surface area contributed by atoms with E-state index in [-0.39, 0.29) is 23.8 Å². The summed E-state index contributed by atoms with van der Waals surface area (Å²) in [5, 5.41) is 5.95. The van der Waals surface area contributed by atoms with E-state index in [4.69, 9.17) is 4.42 Å². The molecule has 0 saturated carbocycles. The Morgan fingerprint density at radius 2 is 1.92 bits per heavy atom. The van der Waals surface area contributed by atoms with Crippen LogP contribution in [0.15, 0.2) is 47.1 Å². The van der Waals surface area contributed by atoms with E-state index in [1.54, 1.807) is 18.4 Å². The molecule has 2 atom stereocenters. The number of aryl methyl sites for hydroxylation is 1. The van der Waals surface area contributed by atoms with Crippen molar-refractivity contribution in [1.82, 2.24) is 10.6 Å². The zero-order valence-corrected chi connectivity index (χ0v) is 14.6. The number of carbonyl (C=O) groups is 2. The fourth-order valence-corrected chi connectivity index (χ4v) is 3.25. The van der Waals surface area contributed by atoms with Crippen LogP contribution in [0.3, 0.4) is 0 Å². The molecule has 0 spiro atoms. The standard InChI is InChI=1S/C20H24N2O3/c1-13(2)18(22-19(23)14-7-4-3-5-8-14)20(24)21-16-9-6-10-17-15(16)11-12-25-17/h3-5,7-8,11-13,16,18H,6,9-10H2,1-2H3,(H,21,24)(H,22,23). The number of amides is 2. The van der Waals surface area contributed by atoms with Gasteiger partial charge in [-0.05, 0) is 37.0 Å². The van der Waals surface area contributed by atoms with Crippen molar-refractivity contribution >= 4 is 11.8 Å². The molecule has 5 nitrogen and oxygen atoms in total. The van der Waals surface area contributed by atoms with Gasteiger partial charge in [-0.15, -0.1) is 0 Å². The Morgan fingerprint density at radius 3 is 2.64 bits per heavy atom. The molecular weight excluding hydrogens is 316 g/mol. The summed E-state index contributed by atoms with van der Waals surface area (Å²) in [6.45, 7) is 3.86. The predicted molar refractivity (Wildman–Crippen MR) is 95.1 cm³/mol. The molecule has 2 unspecified atom stereocenters. The summed E-state index contributed by atoms with van der Waals surface area (Å²) in [6.07, 6.45) is 4.45. The van der Waals surface area contributed by atoms with Crippen LogP contribution in [0.2, 0.25) is 0 Å². The highest BCUT2D eigenvalue weighted by Gasteiger charge is 2.29. The zero-order valence-electron chi connectivity index (χ0n) is 14.6. The van der Waals surface area contributed by atoms with Gasteiger partial charge in [0.2, 0.25) is 5.91 Å². The maximum absolute atomic E-state index is 12.8. The van der Waals surface area contributed by atoms with Gasteiger partial charge in [-0.1, -0.05) is 32.0 Å². The van der Waals surface area contributed by atoms with Gasteiger partial charge < -0.3 is 15.1 Å². The third kappa shape index (κ3) is 3.92. The van der Waals surface area contributed by atoms with Crippen molar-refractivity contribution in [3.05, 3.63) is 59.5 Å². The van der Waals surface area contributed by atoms with E-state index in [0.717, 1.165) is 30.6 Å². The van der Waals surface area contributed by atoms with Gasteiger partial charge in [0.15, 0.2) is 0 Å². The van der Waals surface area contributed by atoms with Gasteiger partial charge in [0.1, 0.15) is 11.8 Å². The molecule has 25 heavy (non-hydrogen) atoms. The van der Waals surface area contributed by atoms with Crippen LogP contribution in [0.25, 0.3) is 0 Å². The lowest BCUT2D eigenvalue weighted by Gasteiger charge is -2.27. The Kier molecular flexibility index (Phi) is 5.22. The highest BCUT2D eigenvalue weighted by Crippen LogP contribution is 2.30. The number of hydrogen-bond donors (Lipinski definition) is 2. The first-order valence-electron chi connectivity index (χ1n) is 8.79. The van der Waals surface area contributed by atoms with Crippen LogP contribution < -0.4 is 10.6 Å². The Balaban J connectivity index is 1.69. The highest BCUT2D eigenvalue weighted by molar-refractivity contribution is 5.97. The number of fused-ring (bicyclic) bond motifs is 1. The number of hydrogen-bond acceptors (Lipinski definition) is 3. The molecule has 3 rings (SSSR count). The SMILES string of the molecule is CC(C)C(NC(=O)c1ccccc1)C(=O)NC1CCCc2occc21. The molecule has 1 aromatic carbocycles. The van der Waals surface area contributed by atoms with Crippen LogP contribution >= 0.6 is 0 Å². The first-order chi connectivity index (χ1) is 12.1. The van der Waals surface area contributed by atoms with E-state index >= 15 is 0 Å². The number of carbonyl (C=O) groups excluding carboxylic acids is 2. The summed E-state index contributed by atoms with van der Waals surface area (Å²) >= 11 is 0. The topological polar surface area (TPSA) is 71.3 Å². The van der Waals surface area contributed by atoms with Gasteiger partial charge in [-0.25, -0.2) is 0 Å². The van der Waals surface area contributed by atoms with Crippen molar-refractivity contribution in [1.29, 1.82) is 0 Å². The smallest absolute Gasteiger partial charge is 0.251 e. The van der Waals surface area contributed by atoms with Crippen LogP contribution in [0.1, 0.15) is 54.4 Å². The summed E-state index contributed by atoms with van der Waals surface area (Å²) in [6, 6.07) is 10.2.